The number of rotatable bonds is 2. The molecule has 0 amide bonds. The minimum Gasteiger partial charge on any atom is -0.790 e. The molecule has 15 heteroatoms. The Morgan fingerprint density at radius 1 is 0.933 bits per heavy atom. The first-order valence-electron chi connectivity index (χ1n) is 1.48. The fourth-order valence-corrected chi connectivity index (χ4v) is 1.14. The molecule has 0 bridgehead atoms. The molecule has 1 atom stereocenters. The molecule has 0 heterocycles. The molecule has 0 aliphatic carbocycles. The van der Waals surface area contributed by atoms with Gasteiger partial charge in [-0.2, -0.15) is 0 Å². The third-order valence-corrected chi connectivity index (χ3v) is 1.83. The molecule has 0 radical (unpaired) electrons. The number of hydrogen-bond donors (Lipinski definition) is 1. The Balaban J connectivity index is -0.0000000213. The summed E-state index contributed by atoms with van der Waals surface area (Å²) in [5, 5.41) is 0. The third-order valence-electron chi connectivity index (χ3n) is 0.203. The molecule has 0 aromatic rings. The van der Waals surface area contributed by atoms with E-state index in [0.29, 0.717) is 0 Å². The van der Waals surface area contributed by atoms with Crippen molar-refractivity contribution in [2.45, 2.75) is 0 Å². The predicted octanol–water partition coefficient (Wildman–Crippen LogP) is -9.38. The second-order valence-electron chi connectivity index (χ2n) is 0.997. The Bertz CT molecular complexity index is 159. The fourth-order valence-electron chi connectivity index (χ4n) is 0.126. The SMILES string of the molecule is O.O.O.O.O=P([O-])([O-])OP(=O)([O-])O.[Ca+2].[Na+]. The first kappa shape index (κ1) is 43.3. The fraction of sp³-hybridized carbons (Fsp3) is 0. The van der Waals surface area contributed by atoms with Crippen LogP contribution in [0.1, 0.15) is 0 Å². The molecule has 0 spiro atoms. The number of phosphoric acid groups is 2. The molecular weight excluding hydrogens is 301 g/mol. The minimum absolute atomic E-state index is 0. The topological polar surface area (TPSA) is 259 Å². The zero-order chi connectivity index (χ0) is 7.71. The third kappa shape index (κ3) is 48.3. The molecule has 9 N–H and O–H groups in total. The summed E-state index contributed by atoms with van der Waals surface area (Å²) in [6.07, 6.45) is 0. The van der Waals surface area contributed by atoms with Crippen LogP contribution in [-0.2, 0) is 13.4 Å². The van der Waals surface area contributed by atoms with E-state index in [1.165, 1.54) is 0 Å². The van der Waals surface area contributed by atoms with Crippen molar-refractivity contribution in [3.05, 3.63) is 0 Å². The summed E-state index contributed by atoms with van der Waals surface area (Å²) in [4.78, 5) is 35.7. The van der Waals surface area contributed by atoms with Crippen molar-refractivity contribution in [2.75, 3.05) is 0 Å². The molecular formula is H9CaNaO11P2. The maximum Gasteiger partial charge on any atom is 2.00 e. The van der Waals surface area contributed by atoms with Crippen LogP contribution in [0.3, 0.4) is 0 Å². The van der Waals surface area contributed by atoms with Crippen LogP contribution in [0.25, 0.3) is 0 Å². The average Bonchev–Trinajstić information content (AvgIpc) is 1.14. The van der Waals surface area contributed by atoms with E-state index in [0.717, 1.165) is 0 Å². The monoisotopic (exact) mass is 310 g/mol. The molecule has 0 rings (SSSR count). The van der Waals surface area contributed by atoms with Crippen LogP contribution in [-0.4, -0.2) is 64.5 Å². The van der Waals surface area contributed by atoms with E-state index in [4.69, 9.17) is 4.89 Å². The Morgan fingerprint density at radius 2 is 1.13 bits per heavy atom. The standard InChI is InChI=1S/Ca.Na.H4O7P2.4H2O/c;;1-8(2,3)7-9(4,5)6;;;;/h;;(H2,1,2,3)(H2,4,5,6);4*1H2/q+2;+1;;;;;/p-3. The Labute approximate surface area is 136 Å². The summed E-state index contributed by atoms with van der Waals surface area (Å²) >= 11 is 0. The summed E-state index contributed by atoms with van der Waals surface area (Å²) in [5.74, 6) is 0. The predicted molar refractivity (Wildman–Crippen MR) is 38.7 cm³/mol. The van der Waals surface area contributed by atoms with Crippen LogP contribution in [0.4, 0.5) is 0 Å². The van der Waals surface area contributed by atoms with Crippen LogP contribution in [0.2, 0.25) is 0 Å². The van der Waals surface area contributed by atoms with Crippen LogP contribution >= 0.6 is 15.6 Å². The van der Waals surface area contributed by atoms with Gasteiger partial charge in [-0.05, 0) is 0 Å². The van der Waals surface area contributed by atoms with Gasteiger partial charge in [0.2, 0.25) is 0 Å². The summed E-state index contributed by atoms with van der Waals surface area (Å²) in [5.41, 5.74) is 0. The van der Waals surface area contributed by atoms with Gasteiger partial charge < -0.3 is 46.0 Å². The first-order valence-corrected chi connectivity index (χ1v) is 4.43. The van der Waals surface area contributed by atoms with Gasteiger partial charge in [-0.15, -0.1) is 0 Å². The van der Waals surface area contributed by atoms with Crippen molar-refractivity contribution >= 4 is 53.4 Å². The Hall–Kier alpha value is 2.36. The van der Waals surface area contributed by atoms with Gasteiger partial charge in [0.25, 0.3) is 7.82 Å². The van der Waals surface area contributed by atoms with Crippen molar-refractivity contribution in [3.63, 3.8) is 0 Å². The summed E-state index contributed by atoms with van der Waals surface area (Å²) in [6.45, 7) is 0. The van der Waals surface area contributed by atoms with E-state index in [1.54, 1.807) is 0 Å². The van der Waals surface area contributed by atoms with Crippen LogP contribution in [0.5, 0.6) is 0 Å². The Morgan fingerprint density at radius 3 is 1.13 bits per heavy atom. The molecule has 0 aliphatic heterocycles. The van der Waals surface area contributed by atoms with Gasteiger partial charge in [0.05, 0.1) is 7.82 Å². The van der Waals surface area contributed by atoms with E-state index >= 15 is 0 Å². The van der Waals surface area contributed by atoms with E-state index in [-0.39, 0.29) is 89.2 Å². The van der Waals surface area contributed by atoms with Crippen LogP contribution < -0.4 is 44.2 Å². The zero-order valence-electron chi connectivity index (χ0n) is 7.50. The molecule has 1 unspecified atom stereocenters. The van der Waals surface area contributed by atoms with E-state index in [2.05, 4.69) is 4.31 Å². The first-order chi connectivity index (χ1) is 3.71. The second-order valence-corrected chi connectivity index (χ2v) is 3.48. The van der Waals surface area contributed by atoms with Gasteiger partial charge in [-0.3, -0.25) is 8.88 Å². The maximum atomic E-state index is 9.44. The molecule has 0 aromatic heterocycles. The van der Waals surface area contributed by atoms with E-state index < -0.39 is 15.6 Å². The molecule has 0 saturated heterocycles. The largest absolute Gasteiger partial charge is 2.00 e. The smallest absolute Gasteiger partial charge is 0.790 e. The van der Waals surface area contributed by atoms with Crippen molar-refractivity contribution in [1.29, 1.82) is 0 Å². The normalized spacial score (nSPS) is 11.5. The summed E-state index contributed by atoms with van der Waals surface area (Å²) in [6, 6.07) is 0. The van der Waals surface area contributed by atoms with Gasteiger partial charge in [0.1, 0.15) is 0 Å². The average molecular weight is 310 g/mol. The van der Waals surface area contributed by atoms with Gasteiger partial charge in [0.15, 0.2) is 0 Å². The molecule has 88 valence electrons. The van der Waals surface area contributed by atoms with Crippen LogP contribution in [0.15, 0.2) is 0 Å². The Kier molecular flexibility index (Phi) is 47.2. The van der Waals surface area contributed by atoms with Crippen molar-refractivity contribution in [3.8, 4) is 0 Å². The van der Waals surface area contributed by atoms with Gasteiger partial charge in [-0.1, -0.05) is 0 Å². The summed E-state index contributed by atoms with van der Waals surface area (Å²) in [7, 11) is -11.0. The molecule has 0 fully saturated rings. The molecule has 15 heavy (non-hydrogen) atoms. The second kappa shape index (κ2) is 16.4. The van der Waals surface area contributed by atoms with Crippen molar-refractivity contribution in [1.82, 2.24) is 0 Å². The molecule has 0 aromatic carbocycles. The van der Waals surface area contributed by atoms with Gasteiger partial charge >= 0.3 is 67.3 Å². The maximum absolute atomic E-state index is 9.44. The van der Waals surface area contributed by atoms with Gasteiger partial charge in [0, 0.05) is 0 Å². The van der Waals surface area contributed by atoms with Crippen molar-refractivity contribution < 1.29 is 84.5 Å². The van der Waals surface area contributed by atoms with E-state index in [9.17, 15) is 23.8 Å². The quantitative estimate of drug-likeness (QED) is 0.379. The zero-order valence-corrected chi connectivity index (χ0v) is 13.5. The summed E-state index contributed by atoms with van der Waals surface area (Å²) < 4.78 is 21.4. The van der Waals surface area contributed by atoms with Crippen molar-refractivity contribution in [2.24, 2.45) is 0 Å². The minimum atomic E-state index is -5.61. The molecule has 11 nitrogen and oxygen atoms in total. The molecule has 0 aliphatic rings. The van der Waals surface area contributed by atoms with Crippen LogP contribution in [0, 0.1) is 0 Å². The molecule has 0 saturated carbocycles. The van der Waals surface area contributed by atoms with E-state index in [1.807, 2.05) is 0 Å². The number of hydrogen-bond acceptors (Lipinski definition) is 6. The van der Waals surface area contributed by atoms with Gasteiger partial charge in [-0.25, -0.2) is 0 Å².